The molecule has 0 radical (unpaired) electrons. The fourth-order valence-electron chi connectivity index (χ4n) is 2.03. The van der Waals surface area contributed by atoms with Crippen LogP contribution in [-0.2, 0) is 6.42 Å². The minimum absolute atomic E-state index is 0.193. The predicted molar refractivity (Wildman–Crippen MR) is 68.0 cm³/mol. The van der Waals surface area contributed by atoms with E-state index >= 15 is 0 Å². The van der Waals surface area contributed by atoms with E-state index in [4.69, 9.17) is 14.6 Å². The van der Waals surface area contributed by atoms with Crippen LogP contribution >= 0.6 is 0 Å². The number of anilines is 1. The summed E-state index contributed by atoms with van der Waals surface area (Å²) >= 11 is 0. The van der Waals surface area contributed by atoms with Crippen molar-refractivity contribution >= 4 is 17.1 Å². The monoisotopic (exact) mass is 243 g/mol. The molecule has 5 heteroatoms. The van der Waals surface area contributed by atoms with Crippen molar-refractivity contribution in [3.05, 3.63) is 29.9 Å². The van der Waals surface area contributed by atoms with Gasteiger partial charge >= 0.3 is 0 Å². The number of rotatable bonds is 2. The Morgan fingerprint density at radius 3 is 2.83 bits per heavy atom. The zero-order chi connectivity index (χ0) is 12.7. The highest BCUT2D eigenvalue weighted by Gasteiger charge is 2.13. The van der Waals surface area contributed by atoms with Crippen molar-refractivity contribution in [3.8, 4) is 11.3 Å². The van der Waals surface area contributed by atoms with E-state index in [1.807, 2.05) is 32.0 Å². The van der Waals surface area contributed by atoms with Crippen LogP contribution in [0.25, 0.3) is 22.4 Å². The number of nitrogens with zero attached hydrogens (tertiary/aromatic N) is 2. The molecule has 2 aromatic heterocycles. The molecular formula is C13H13N3O2. The Labute approximate surface area is 104 Å². The molecule has 0 aliphatic rings. The number of oxazole rings is 2. The molecule has 92 valence electrons. The summed E-state index contributed by atoms with van der Waals surface area (Å²) in [7, 11) is 0. The van der Waals surface area contributed by atoms with Gasteiger partial charge in [-0.25, -0.2) is 4.98 Å². The lowest BCUT2D eigenvalue weighted by molar-refractivity contribution is 0.530. The van der Waals surface area contributed by atoms with Crippen LogP contribution in [0.2, 0.25) is 0 Å². The second-order valence-electron chi connectivity index (χ2n) is 4.09. The van der Waals surface area contributed by atoms with Crippen LogP contribution in [0.4, 0.5) is 6.01 Å². The molecule has 1 aromatic carbocycles. The Morgan fingerprint density at radius 1 is 1.22 bits per heavy atom. The van der Waals surface area contributed by atoms with Crippen LogP contribution in [-0.4, -0.2) is 9.97 Å². The normalized spacial score (nSPS) is 11.2. The van der Waals surface area contributed by atoms with Crippen molar-refractivity contribution in [1.82, 2.24) is 9.97 Å². The van der Waals surface area contributed by atoms with Gasteiger partial charge in [-0.2, -0.15) is 4.98 Å². The third-order valence-corrected chi connectivity index (χ3v) is 2.80. The first-order valence-corrected chi connectivity index (χ1v) is 5.80. The highest BCUT2D eigenvalue weighted by atomic mass is 16.4. The van der Waals surface area contributed by atoms with Gasteiger partial charge in [0.1, 0.15) is 17.0 Å². The average molecular weight is 243 g/mol. The van der Waals surface area contributed by atoms with Gasteiger partial charge in [-0.3, -0.25) is 0 Å². The molecule has 3 rings (SSSR count). The first kappa shape index (κ1) is 10.8. The Hall–Kier alpha value is -2.30. The Balaban J connectivity index is 2.18. The molecule has 0 saturated carbocycles. The van der Waals surface area contributed by atoms with Gasteiger partial charge in [0.25, 0.3) is 6.01 Å². The van der Waals surface area contributed by atoms with Crippen molar-refractivity contribution < 1.29 is 8.83 Å². The molecule has 2 heterocycles. The number of aryl methyl sites for hydroxylation is 2. The van der Waals surface area contributed by atoms with Crippen molar-refractivity contribution in [2.75, 3.05) is 5.73 Å². The van der Waals surface area contributed by atoms with E-state index in [-0.39, 0.29) is 6.01 Å². The van der Waals surface area contributed by atoms with Crippen LogP contribution in [0.3, 0.4) is 0 Å². The molecule has 0 atom stereocenters. The minimum Gasteiger partial charge on any atom is -0.441 e. The van der Waals surface area contributed by atoms with Crippen LogP contribution in [0.5, 0.6) is 0 Å². The highest BCUT2D eigenvalue weighted by molar-refractivity contribution is 5.80. The lowest BCUT2D eigenvalue weighted by atomic mass is 10.1. The smallest absolute Gasteiger partial charge is 0.292 e. The molecule has 0 amide bonds. The van der Waals surface area contributed by atoms with Gasteiger partial charge in [0.2, 0.25) is 0 Å². The molecule has 0 unspecified atom stereocenters. The Bertz CT molecular complexity index is 712. The molecule has 0 spiro atoms. The number of nitrogens with two attached hydrogens (primary N) is 1. The summed E-state index contributed by atoms with van der Waals surface area (Å²) in [5.74, 6) is 1.43. The van der Waals surface area contributed by atoms with Gasteiger partial charge in [0.05, 0.1) is 0 Å². The standard InChI is InChI=1S/C13H13N3O2/c1-3-10-12(16-13(14)18-10)8-4-5-11-9(6-8)15-7(2)17-11/h4-6H,3H2,1-2H3,(H2,14,16). The van der Waals surface area contributed by atoms with E-state index in [2.05, 4.69) is 9.97 Å². The fourth-order valence-corrected chi connectivity index (χ4v) is 2.03. The van der Waals surface area contributed by atoms with Gasteiger partial charge in [-0.1, -0.05) is 6.92 Å². The van der Waals surface area contributed by atoms with Crippen molar-refractivity contribution in [1.29, 1.82) is 0 Å². The van der Waals surface area contributed by atoms with E-state index in [1.165, 1.54) is 0 Å². The van der Waals surface area contributed by atoms with Crippen molar-refractivity contribution in [3.63, 3.8) is 0 Å². The number of aromatic nitrogens is 2. The molecular weight excluding hydrogens is 230 g/mol. The molecule has 0 fully saturated rings. The molecule has 0 saturated heterocycles. The van der Waals surface area contributed by atoms with Gasteiger partial charge in [0.15, 0.2) is 11.5 Å². The summed E-state index contributed by atoms with van der Waals surface area (Å²) in [5.41, 5.74) is 8.89. The van der Waals surface area contributed by atoms with Gasteiger partial charge in [-0.15, -0.1) is 0 Å². The predicted octanol–water partition coefficient (Wildman–Crippen LogP) is 2.94. The third kappa shape index (κ3) is 1.64. The molecule has 0 aliphatic carbocycles. The number of hydrogen-bond donors (Lipinski definition) is 1. The summed E-state index contributed by atoms with van der Waals surface area (Å²) in [5, 5.41) is 0. The molecule has 0 bridgehead atoms. The SMILES string of the molecule is CCc1oc(N)nc1-c1ccc2oc(C)nc2c1. The number of fused-ring (bicyclic) bond motifs is 1. The lowest BCUT2D eigenvalue weighted by Crippen LogP contribution is -1.85. The van der Waals surface area contributed by atoms with E-state index in [0.717, 1.165) is 34.5 Å². The highest BCUT2D eigenvalue weighted by Crippen LogP contribution is 2.28. The first-order valence-electron chi connectivity index (χ1n) is 5.80. The van der Waals surface area contributed by atoms with E-state index in [1.54, 1.807) is 0 Å². The summed E-state index contributed by atoms with van der Waals surface area (Å²) < 4.78 is 10.8. The molecule has 0 aliphatic heterocycles. The summed E-state index contributed by atoms with van der Waals surface area (Å²) in [4.78, 5) is 8.52. The van der Waals surface area contributed by atoms with E-state index < -0.39 is 0 Å². The second-order valence-corrected chi connectivity index (χ2v) is 4.09. The number of nitrogen functional groups attached to an aromatic ring is 1. The maximum Gasteiger partial charge on any atom is 0.292 e. The van der Waals surface area contributed by atoms with Gasteiger partial charge in [0, 0.05) is 18.9 Å². The zero-order valence-corrected chi connectivity index (χ0v) is 10.2. The summed E-state index contributed by atoms with van der Waals surface area (Å²) in [6.07, 6.45) is 0.745. The molecule has 3 aromatic rings. The van der Waals surface area contributed by atoms with Crippen molar-refractivity contribution in [2.45, 2.75) is 20.3 Å². The number of hydrogen-bond acceptors (Lipinski definition) is 5. The third-order valence-electron chi connectivity index (χ3n) is 2.80. The second kappa shape index (κ2) is 3.87. The Morgan fingerprint density at radius 2 is 2.06 bits per heavy atom. The largest absolute Gasteiger partial charge is 0.441 e. The van der Waals surface area contributed by atoms with Crippen LogP contribution < -0.4 is 5.73 Å². The minimum atomic E-state index is 0.193. The summed E-state index contributed by atoms with van der Waals surface area (Å²) in [6.45, 7) is 3.83. The summed E-state index contributed by atoms with van der Waals surface area (Å²) in [6, 6.07) is 5.94. The lowest BCUT2D eigenvalue weighted by Gasteiger charge is -1.98. The molecule has 2 N–H and O–H groups in total. The van der Waals surface area contributed by atoms with Gasteiger partial charge < -0.3 is 14.6 Å². The molecule has 18 heavy (non-hydrogen) atoms. The quantitative estimate of drug-likeness (QED) is 0.748. The topological polar surface area (TPSA) is 78.1 Å². The Kier molecular flexibility index (Phi) is 2.33. The maximum atomic E-state index is 5.60. The van der Waals surface area contributed by atoms with Crippen LogP contribution in [0.15, 0.2) is 27.0 Å². The molecule has 5 nitrogen and oxygen atoms in total. The van der Waals surface area contributed by atoms with Crippen LogP contribution in [0.1, 0.15) is 18.6 Å². The maximum absolute atomic E-state index is 5.60. The zero-order valence-electron chi connectivity index (χ0n) is 10.2. The average Bonchev–Trinajstić information content (AvgIpc) is 2.89. The van der Waals surface area contributed by atoms with E-state index in [0.29, 0.717) is 5.89 Å². The fraction of sp³-hybridized carbons (Fsp3) is 0.231. The first-order chi connectivity index (χ1) is 8.67. The van der Waals surface area contributed by atoms with Crippen LogP contribution in [0, 0.1) is 6.92 Å². The van der Waals surface area contributed by atoms with E-state index in [9.17, 15) is 0 Å². The van der Waals surface area contributed by atoms with Crippen molar-refractivity contribution in [2.24, 2.45) is 0 Å². The van der Waals surface area contributed by atoms with Gasteiger partial charge in [-0.05, 0) is 18.2 Å². The number of benzene rings is 1.